The maximum Gasteiger partial charge on any atom is 0.225 e. The lowest BCUT2D eigenvalue weighted by Gasteiger charge is -2.15. The van der Waals surface area contributed by atoms with Gasteiger partial charge in [-0.25, -0.2) is 9.37 Å². The number of halogens is 1. The topological polar surface area (TPSA) is 62.7 Å². The van der Waals surface area contributed by atoms with Crippen LogP contribution in [0.4, 0.5) is 16.2 Å². The van der Waals surface area contributed by atoms with Gasteiger partial charge < -0.3 is 10.6 Å². The van der Waals surface area contributed by atoms with Gasteiger partial charge in [0.15, 0.2) is 0 Å². The summed E-state index contributed by atoms with van der Waals surface area (Å²) in [5.74, 6) is 1.05. The molecule has 138 valence electrons. The minimum Gasteiger partial charge on any atom is -0.366 e. The fourth-order valence-corrected chi connectivity index (χ4v) is 3.35. The van der Waals surface area contributed by atoms with E-state index in [-0.39, 0.29) is 5.82 Å². The van der Waals surface area contributed by atoms with Crippen LogP contribution in [-0.2, 0) is 6.54 Å². The first-order valence-corrected chi connectivity index (χ1v) is 9.31. The molecule has 2 N–H and O–H groups in total. The predicted octanol–water partition coefficient (Wildman–Crippen LogP) is 4.64. The Bertz CT molecular complexity index is 894. The second kappa shape index (κ2) is 8.12. The average Bonchev–Trinajstić information content (AvgIpc) is 3.21. The standard InChI is InChI=1S/C21H22FN5/c22-18-8-4-1-5-16(18)14-24-20-13-19(15-9-11-23-12-10-15)26-21(27-20)25-17-6-2-3-7-17/h1,4-5,8-13,17H,2-3,6-7,14H2,(H2,24,25,26,27). The molecule has 1 fully saturated rings. The molecule has 6 heteroatoms. The highest BCUT2D eigenvalue weighted by molar-refractivity contribution is 5.64. The van der Waals surface area contributed by atoms with Crippen LogP contribution in [0.1, 0.15) is 31.2 Å². The summed E-state index contributed by atoms with van der Waals surface area (Å²) >= 11 is 0. The van der Waals surface area contributed by atoms with Gasteiger partial charge in [0.05, 0.1) is 5.69 Å². The number of aromatic nitrogens is 3. The van der Waals surface area contributed by atoms with Gasteiger partial charge in [0, 0.05) is 42.2 Å². The van der Waals surface area contributed by atoms with Crippen LogP contribution in [-0.4, -0.2) is 21.0 Å². The third kappa shape index (κ3) is 4.39. The zero-order valence-electron chi connectivity index (χ0n) is 15.0. The average molecular weight is 363 g/mol. The molecular weight excluding hydrogens is 341 g/mol. The summed E-state index contributed by atoms with van der Waals surface area (Å²) in [5.41, 5.74) is 2.38. The molecule has 0 aliphatic heterocycles. The van der Waals surface area contributed by atoms with Gasteiger partial charge >= 0.3 is 0 Å². The van der Waals surface area contributed by atoms with Crippen molar-refractivity contribution in [3.8, 4) is 11.3 Å². The zero-order valence-corrected chi connectivity index (χ0v) is 15.0. The van der Waals surface area contributed by atoms with Crippen molar-refractivity contribution in [3.63, 3.8) is 0 Å². The lowest BCUT2D eigenvalue weighted by molar-refractivity contribution is 0.613. The van der Waals surface area contributed by atoms with Crippen molar-refractivity contribution in [3.05, 3.63) is 66.2 Å². The fraction of sp³-hybridized carbons (Fsp3) is 0.286. The molecular formula is C21H22FN5. The summed E-state index contributed by atoms with van der Waals surface area (Å²) in [4.78, 5) is 13.3. The van der Waals surface area contributed by atoms with Crippen LogP contribution >= 0.6 is 0 Å². The van der Waals surface area contributed by atoms with Gasteiger partial charge in [-0.3, -0.25) is 4.98 Å². The van der Waals surface area contributed by atoms with Gasteiger partial charge in [0.25, 0.3) is 0 Å². The van der Waals surface area contributed by atoms with Gasteiger partial charge in [-0.05, 0) is 31.0 Å². The van der Waals surface area contributed by atoms with Gasteiger partial charge in [-0.1, -0.05) is 31.0 Å². The van der Waals surface area contributed by atoms with E-state index in [1.54, 1.807) is 24.5 Å². The van der Waals surface area contributed by atoms with Crippen LogP contribution in [0.2, 0.25) is 0 Å². The number of hydrogen-bond acceptors (Lipinski definition) is 5. The van der Waals surface area contributed by atoms with Gasteiger partial charge in [-0.15, -0.1) is 0 Å². The molecule has 0 saturated heterocycles. The van der Waals surface area contributed by atoms with E-state index in [1.807, 2.05) is 24.3 Å². The van der Waals surface area contributed by atoms with Crippen molar-refractivity contribution in [1.82, 2.24) is 15.0 Å². The SMILES string of the molecule is Fc1ccccc1CNc1cc(-c2ccncc2)nc(NC2CCCC2)n1. The fourth-order valence-electron chi connectivity index (χ4n) is 3.35. The maximum atomic E-state index is 13.9. The monoisotopic (exact) mass is 363 g/mol. The van der Waals surface area contributed by atoms with E-state index in [0.717, 1.165) is 24.1 Å². The molecule has 27 heavy (non-hydrogen) atoms. The van der Waals surface area contributed by atoms with Crippen LogP contribution < -0.4 is 10.6 Å². The van der Waals surface area contributed by atoms with Crippen molar-refractivity contribution in [1.29, 1.82) is 0 Å². The Kier molecular flexibility index (Phi) is 5.23. The number of nitrogens with one attached hydrogen (secondary N) is 2. The largest absolute Gasteiger partial charge is 0.366 e. The van der Waals surface area contributed by atoms with Crippen LogP contribution in [0.25, 0.3) is 11.3 Å². The molecule has 0 unspecified atom stereocenters. The number of pyridine rings is 1. The van der Waals surface area contributed by atoms with E-state index in [4.69, 9.17) is 0 Å². The quantitative estimate of drug-likeness (QED) is 0.668. The van der Waals surface area contributed by atoms with Gasteiger partial charge in [0.2, 0.25) is 5.95 Å². The molecule has 1 aliphatic carbocycles. The molecule has 0 atom stereocenters. The van der Waals surface area contributed by atoms with Gasteiger partial charge in [-0.2, -0.15) is 4.98 Å². The van der Waals surface area contributed by atoms with Crippen LogP contribution in [0.3, 0.4) is 0 Å². The van der Waals surface area contributed by atoms with E-state index < -0.39 is 0 Å². The minimum absolute atomic E-state index is 0.224. The summed E-state index contributed by atoms with van der Waals surface area (Å²) < 4.78 is 13.9. The van der Waals surface area contributed by atoms with E-state index in [2.05, 4.69) is 25.6 Å². The van der Waals surface area contributed by atoms with Crippen molar-refractivity contribution < 1.29 is 4.39 Å². The van der Waals surface area contributed by atoms with Crippen LogP contribution in [0.15, 0.2) is 54.9 Å². The second-order valence-electron chi connectivity index (χ2n) is 6.77. The molecule has 5 nitrogen and oxygen atoms in total. The first-order chi connectivity index (χ1) is 13.3. The normalized spacial score (nSPS) is 14.3. The van der Waals surface area contributed by atoms with Gasteiger partial charge in [0.1, 0.15) is 11.6 Å². The molecule has 4 rings (SSSR count). The molecule has 0 amide bonds. The number of rotatable bonds is 6. The molecule has 0 spiro atoms. The maximum absolute atomic E-state index is 13.9. The highest BCUT2D eigenvalue weighted by Gasteiger charge is 2.17. The molecule has 1 aromatic carbocycles. The van der Waals surface area contributed by atoms with Crippen LogP contribution in [0.5, 0.6) is 0 Å². The highest BCUT2D eigenvalue weighted by atomic mass is 19.1. The third-order valence-corrected chi connectivity index (χ3v) is 4.81. The van der Waals surface area contributed by atoms with Crippen molar-refractivity contribution >= 4 is 11.8 Å². The third-order valence-electron chi connectivity index (χ3n) is 4.81. The van der Waals surface area contributed by atoms with E-state index in [0.29, 0.717) is 29.9 Å². The number of anilines is 2. The van der Waals surface area contributed by atoms with Crippen molar-refractivity contribution in [2.45, 2.75) is 38.3 Å². The summed E-state index contributed by atoms with van der Waals surface area (Å²) in [6.07, 6.45) is 8.24. The summed E-state index contributed by atoms with van der Waals surface area (Å²) in [6, 6.07) is 12.9. The van der Waals surface area contributed by atoms with E-state index >= 15 is 0 Å². The molecule has 1 aliphatic rings. The summed E-state index contributed by atoms with van der Waals surface area (Å²) in [6.45, 7) is 0.363. The zero-order chi connectivity index (χ0) is 18.5. The second-order valence-corrected chi connectivity index (χ2v) is 6.77. The first-order valence-electron chi connectivity index (χ1n) is 9.31. The smallest absolute Gasteiger partial charge is 0.225 e. The molecule has 3 aromatic rings. The minimum atomic E-state index is -0.224. The molecule has 0 radical (unpaired) electrons. The number of nitrogens with zero attached hydrogens (tertiary/aromatic N) is 3. The summed E-state index contributed by atoms with van der Waals surface area (Å²) in [5, 5.41) is 6.68. The Hall–Kier alpha value is -3.02. The predicted molar refractivity (Wildman–Crippen MR) is 105 cm³/mol. The molecule has 1 saturated carbocycles. The molecule has 2 heterocycles. The summed E-state index contributed by atoms with van der Waals surface area (Å²) in [7, 11) is 0. The van der Waals surface area contributed by atoms with Crippen LogP contribution in [0, 0.1) is 5.82 Å². The lowest BCUT2D eigenvalue weighted by atomic mass is 10.2. The van der Waals surface area contributed by atoms with E-state index in [1.165, 1.54) is 18.9 Å². The lowest BCUT2D eigenvalue weighted by Crippen LogP contribution is -2.17. The Balaban J connectivity index is 1.59. The Morgan fingerprint density at radius 2 is 1.78 bits per heavy atom. The van der Waals surface area contributed by atoms with E-state index in [9.17, 15) is 4.39 Å². The number of benzene rings is 1. The van der Waals surface area contributed by atoms with Crippen molar-refractivity contribution in [2.24, 2.45) is 0 Å². The highest BCUT2D eigenvalue weighted by Crippen LogP contribution is 2.25. The Morgan fingerprint density at radius 3 is 2.56 bits per heavy atom. The Labute approximate surface area is 158 Å². The molecule has 0 bridgehead atoms. The van der Waals surface area contributed by atoms with Crippen molar-refractivity contribution in [2.75, 3.05) is 10.6 Å². The Morgan fingerprint density at radius 1 is 1.00 bits per heavy atom. The molecule has 2 aromatic heterocycles. The first kappa shape index (κ1) is 17.4. The number of hydrogen-bond donors (Lipinski definition) is 2.